The van der Waals surface area contributed by atoms with E-state index in [4.69, 9.17) is 4.74 Å². The van der Waals surface area contributed by atoms with Gasteiger partial charge in [-0.2, -0.15) is 0 Å². The van der Waals surface area contributed by atoms with Crippen LogP contribution in [0.15, 0.2) is 42.5 Å². The van der Waals surface area contributed by atoms with Crippen LogP contribution in [-0.2, 0) is 11.3 Å². The predicted octanol–water partition coefficient (Wildman–Crippen LogP) is 2.79. The van der Waals surface area contributed by atoms with Crippen molar-refractivity contribution in [3.63, 3.8) is 0 Å². The fraction of sp³-hybridized carbons (Fsp3) is 0.409. The summed E-state index contributed by atoms with van der Waals surface area (Å²) in [6.45, 7) is 11.1. The van der Waals surface area contributed by atoms with Crippen molar-refractivity contribution in [2.45, 2.75) is 33.2 Å². The molecule has 1 aliphatic rings. The third-order valence-electron chi connectivity index (χ3n) is 5.04. The number of quaternary nitrogens is 1. The maximum Gasteiger partial charge on any atom is 0.255 e. The molecule has 4 heteroatoms. The average Bonchev–Trinajstić information content (AvgIpc) is 2.64. The number of anilines is 1. The topological polar surface area (TPSA) is 42.8 Å². The highest BCUT2D eigenvalue weighted by Crippen LogP contribution is 2.27. The first-order valence-electron chi connectivity index (χ1n) is 9.45. The van der Waals surface area contributed by atoms with Gasteiger partial charge in [-0.3, -0.25) is 4.79 Å². The number of ether oxygens (including phenoxy) is 1. The maximum atomic E-state index is 12.7. The van der Waals surface area contributed by atoms with Gasteiger partial charge in [0.05, 0.1) is 13.2 Å². The van der Waals surface area contributed by atoms with Crippen LogP contribution in [0.4, 0.5) is 5.69 Å². The molecule has 1 amide bonds. The normalized spacial score (nSPS) is 15.2. The predicted molar refractivity (Wildman–Crippen MR) is 105 cm³/mol. The molecule has 1 aliphatic heterocycles. The molecule has 1 fully saturated rings. The van der Waals surface area contributed by atoms with E-state index in [2.05, 4.69) is 37.4 Å². The largest absolute Gasteiger partial charge is 0.370 e. The summed E-state index contributed by atoms with van der Waals surface area (Å²) in [4.78, 5) is 14.2. The van der Waals surface area contributed by atoms with Gasteiger partial charge in [-0.05, 0) is 36.1 Å². The van der Waals surface area contributed by atoms with E-state index in [1.165, 1.54) is 16.0 Å². The summed E-state index contributed by atoms with van der Waals surface area (Å²) in [5.41, 5.74) is 5.17. The summed E-state index contributed by atoms with van der Waals surface area (Å²) in [6.07, 6.45) is 0. The van der Waals surface area contributed by atoms with Crippen LogP contribution >= 0.6 is 0 Å². The average molecular weight is 353 g/mol. The van der Waals surface area contributed by atoms with Crippen molar-refractivity contribution in [2.75, 3.05) is 31.6 Å². The first-order valence-corrected chi connectivity index (χ1v) is 9.45. The number of hydrogen-bond donors (Lipinski definition) is 2. The van der Waals surface area contributed by atoms with Gasteiger partial charge in [0, 0.05) is 16.8 Å². The van der Waals surface area contributed by atoms with Gasteiger partial charge in [-0.15, -0.1) is 0 Å². The lowest BCUT2D eigenvalue weighted by Crippen LogP contribution is -3.12. The minimum absolute atomic E-state index is 0.0496. The number of amides is 1. The molecule has 1 saturated heterocycles. The number of carbonyl (C=O) groups is 1. The SMILES string of the molecule is Cc1cccc(C(C)C)c1NC(=O)c1ccc(C[NH+]2CCOCC2)cc1. The molecule has 0 aromatic heterocycles. The molecular formula is C22H29N2O2+. The van der Waals surface area contributed by atoms with Gasteiger partial charge in [0.15, 0.2) is 0 Å². The summed E-state index contributed by atoms with van der Waals surface area (Å²) >= 11 is 0. The second-order valence-corrected chi connectivity index (χ2v) is 7.38. The molecule has 0 atom stereocenters. The molecule has 0 saturated carbocycles. The van der Waals surface area contributed by atoms with E-state index in [0.29, 0.717) is 11.5 Å². The molecule has 0 bridgehead atoms. The Balaban J connectivity index is 1.69. The summed E-state index contributed by atoms with van der Waals surface area (Å²) in [5, 5.41) is 3.12. The monoisotopic (exact) mass is 353 g/mol. The van der Waals surface area contributed by atoms with Crippen LogP contribution in [0.1, 0.15) is 46.8 Å². The van der Waals surface area contributed by atoms with Crippen LogP contribution in [0.2, 0.25) is 0 Å². The van der Waals surface area contributed by atoms with Crippen molar-refractivity contribution in [1.82, 2.24) is 0 Å². The van der Waals surface area contributed by atoms with Crippen LogP contribution in [0.3, 0.4) is 0 Å². The van der Waals surface area contributed by atoms with E-state index >= 15 is 0 Å². The standard InChI is InChI=1S/C22H28N2O2/c1-16(2)20-6-4-5-17(3)21(20)23-22(25)19-9-7-18(8-10-19)15-24-11-13-26-14-12-24/h4-10,16H,11-15H2,1-3H3,(H,23,25)/p+1. The van der Waals surface area contributed by atoms with E-state index in [1.807, 2.05) is 31.2 Å². The van der Waals surface area contributed by atoms with E-state index in [-0.39, 0.29) is 5.91 Å². The highest BCUT2D eigenvalue weighted by molar-refractivity contribution is 6.05. The summed E-state index contributed by atoms with van der Waals surface area (Å²) in [7, 11) is 0. The Kier molecular flexibility index (Phi) is 6.07. The second kappa shape index (κ2) is 8.47. The minimum Gasteiger partial charge on any atom is -0.370 e. The maximum absolute atomic E-state index is 12.7. The second-order valence-electron chi connectivity index (χ2n) is 7.38. The smallest absolute Gasteiger partial charge is 0.255 e. The number of para-hydroxylation sites is 1. The van der Waals surface area contributed by atoms with Crippen LogP contribution < -0.4 is 10.2 Å². The molecule has 4 nitrogen and oxygen atoms in total. The quantitative estimate of drug-likeness (QED) is 0.868. The number of aryl methyl sites for hydroxylation is 1. The fourth-order valence-corrected chi connectivity index (χ4v) is 3.43. The zero-order valence-corrected chi connectivity index (χ0v) is 16.0. The first-order chi connectivity index (χ1) is 12.5. The minimum atomic E-state index is -0.0496. The highest BCUT2D eigenvalue weighted by Gasteiger charge is 2.16. The highest BCUT2D eigenvalue weighted by atomic mass is 16.5. The number of nitrogens with one attached hydrogen (secondary N) is 2. The number of carbonyl (C=O) groups excluding carboxylic acids is 1. The van der Waals surface area contributed by atoms with Gasteiger partial charge in [-0.25, -0.2) is 0 Å². The van der Waals surface area contributed by atoms with Crippen molar-refractivity contribution in [2.24, 2.45) is 0 Å². The zero-order valence-electron chi connectivity index (χ0n) is 16.0. The van der Waals surface area contributed by atoms with Crippen molar-refractivity contribution < 1.29 is 14.4 Å². The van der Waals surface area contributed by atoms with Gasteiger partial charge in [0.25, 0.3) is 5.91 Å². The Morgan fingerprint density at radius 1 is 1.12 bits per heavy atom. The molecule has 26 heavy (non-hydrogen) atoms. The van der Waals surface area contributed by atoms with Crippen LogP contribution in [0.25, 0.3) is 0 Å². The Morgan fingerprint density at radius 3 is 2.46 bits per heavy atom. The lowest BCUT2D eigenvalue weighted by molar-refractivity contribution is -0.921. The van der Waals surface area contributed by atoms with Crippen LogP contribution in [-0.4, -0.2) is 32.2 Å². The van der Waals surface area contributed by atoms with Crippen molar-refractivity contribution in [3.05, 3.63) is 64.7 Å². The molecule has 2 aromatic rings. The zero-order chi connectivity index (χ0) is 18.5. The first kappa shape index (κ1) is 18.6. The molecule has 0 aliphatic carbocycles. The van der Waals surface area contributed by atoms with E-state index < -0.39 is 0 Å². The fourth-order valence-electron chi connectivity index (χ4n) is 3.43. The molecule has 138 valence electrons. The summed E-state index contributed by atoms with van der Waals surface area (Å²) < 4.78 is 5.41. The lowest BCUT2D eigenvalue weighted by Gasteiger charge is -2.23. The molecule has 3 rings (SSSR count). The van der Waals surface area contributed by atoms with Crippen LogP contribution in [0, 0.1) is 6.92 Å². The number of benzene rings is 2. The molecule has 2 aromatic carbocycles. The third kappa shape index (κ3) is 4.51. The van der Waals surface area contributed by atoms with E-state index in [1.54, 1.807) is 0 Å². The molecule has 1 heterocycles. The van der Waals surface area contributed by atoms with Gasteiger partial charge in [0.1, 0.15) is 19.6 Å². The number of morpholine rings is 1. The van der Waals surface area contributed by atoms with E-state index in [9.17, 15) is 4.79 Å². The molecule has 0 unspecified atom stereocenters. The summed E-state index contributed by atoms with van der Waals surface area (Å²) in [5.74, 6) is 0.315. The molecular weight excluding hydrogens is 324 g/mol. The Morgan fingerprint density at radius 2 is 1.81 bits per heavy atom. The molecule has 0 spiro atoms. The van der Waals surface area contributed by atoms with Gasteiger partial charge < -0.3 is 15.0 Å². The Labute approximate surface area is 156 Å². The third-order valence-corrected chi connectivity index (χ3v) is 5.04. The van der Waals surface area contributed by atoms with Gasteiger partial charge in [-0.1, -0.05) is 44.2 Å². The van der Waals surface area contributed by atoms with Gasteiger partial charge >= 0.3 is 0 Å². The molecule has 0 radical (unpaired) electrons. The van der Waals surface area contributed by atoms with Crippen molar-refractivity contribution in [3.8, 4) is 0 Å². The van der Waals surface area contributed by atoms with Gasteiger partial charge in [0.2, 0.25) is 0 Å². The van der Waals surface area contributed by atoms with Crippen LogP contribution in [0.5, 0.6) is 0 Å². The van der Waals surface area contributed by atoms with Crippen molar-refractivity contribution in [1.29, 1.82) is 0 Å². The van der Waals surface area contributed by atoms with Crippen molar-refractivity contribution >= 4 is 11.6 Å². The van der Waals surface area contributed by atoms with E-state index in [0.717, 1.165) is 44.1 Å². The molecule has 2 N–H and O–H groups in total. The number of hydrogen-bond acceptors (Lipinski definition) is 2. The Hall–Kier alpha value is -2.17. The number of rotatable bonds is 5. The lowest BCUT2D eigenvalue weighted by atomic mass is 9.98. The summed E-state index contributed by atoms with van der Waals surface area (Å²) in [6, 6.07) is 14.2. The Bertz CT molecular complexity index is 747.